The lowest BCUT2D eigenvalue weighted by molar-refractivity contribution is -0.134. The fourth-order valence-corrected chi connectivity index (χ4v) is 2.61. The molecule has 0 bridgehead atoms. The lowest BCUT2D eigenvalue weighted by Gasteiger charge is -2.36. The molecule has 1 saturated heterocycles. The van der Waals surface area contributed by atoms with Crippen molar-refractivity contribution in [1.82, 2.24) is 9.88 Å². The first kappa shape index (κ1) is 18.0. The number of hydrogen-bond acceptors (Lipinski definition) is 4. The predicted molar refractivity (Wildman–Crippen MR) is 95.9 cm³/mol. The van der Waals surface area contributed by atoms with Crippen LogP contribution in [0, 0.1) is 5.92 Å². The maximum atomic E-state index is 12.0. The smallest absolute Gasteiger partial charge is 0.248 e. The van der Waals surface area contributed by atoms with E-state index in [4.69, 9.17) is 0 Å². The Kier molecular flexibility index (Phi) is 5.95. The Labute approximate surface area is 143 Å². The summed E-state index contributed by atoms with van der Waals surface area (Å²) in [7, 11) is 0. The number of amides is 2. The Balaban J connectivity index is 1.92. The minimum Gasteiger partial charge on any atom is -0.353 e. The lowest BCUT2D eigenvalue weighted by atomic mass is 10.1. The second-order valence-corrected chi connectivity index (χ2v) is 6.58. The van der Waals surface area contributed by atoms with Gasteiger partial charge in [0.2, 0.25) is 11.8 Å². The maximum Gasteiger partial charge on any atom is 0.248 e. The Morgan fingerprint density at radius 2 is 1.83 bits per heavy atom. The summed E-state index contributed by atoms with van der Waals surface area (Å²) in [6.45, 7) is 10.6. The molecule has 1 N–H and O–H groups in total. The van der Waals surface area contributed by atoms with Gasteiger partial charge in [0, 0.05) is 38.2 Å². The molecule has 0 saturated carbocycles. The normalized spacial score (nSPS) is 14.5. The minimum absolute atomic E-state index is 0.0402. The zero-order valence-electron chi connectivity index (χ0n) is 14.9. The summed E-state index contributed by atoms with van der Waals surface area (Å²) in [5.74, 6) is 0.968. The molecule has 6 heteroatoms. The first-order valence-electron chi connectivity index (χ1n) is 8.32. The summed E-state index contributed by atoms with van der Waals surface area (Å²) in [5.41, 5.74) is 1.63. The Morgan fingerprint density at radius 3 is 2.33 bits per heavy atom. The topological polar surface area (TPSA) is 65.5 Å². The molecule has 1 aromatic rings. The largest absolute Gasteiger partial charge is 0.353 e. The molecule has 1 aliphatic heterocycles. The first-order chi connectivity index (χ1) is 11.4. The second kappa shape index (κ2) is 7.95. The summed E-state index contributed by atoms with van der Waals surface area (Å²) < 4.78 is 0. The zero-order valence-corrected chi connectivity index (χ0v) is 14.9. The highest BCUT2D eigenvalue weighted by Crippen LogP contribution is 2.17. The van der Waals surface area contributed by atoms with Gasteiger partial charge in [-0.15, -0.1) is 0 Å². The molecule has 6 nitrogen and oxygen atoms in total. The summed E-state index contributed by atoms with van der Waals surface area (Å²) in [5, 5.41) is 2.79. The van der Waals surface area contributed by atoms with Crippen molar-refractivity contribution in [3.05, 3.63) is 30.0 Å². The van der Waals surface area contributed by atoms with E-state index in [1.807, 2.05) is 44.7 Å². The number of nitrogens with zero attached hydrogens (tertiary/aromatic N) is 3. The van der Waals surface area contributed by atoms with Gasteiger partial charge in [0.05, 0.1) is 11.9 Å². The van der Waals surface area contributed by atoms with Crippen LogP contribution in [0.3, 0.4) is 0 Å². The first-order valence-corrected chi connectivity index (χ1v) is 8.32. The lowest BCUT2D eigenvalue weighted by Crippen LogP contribution is -2.50. The molecular weight excluding hydrogens is 304 g/mol. The standard InChI is InChI=1S/C18H26N4O2/c1-13(2)11-17(23)20-15-5-6-16(19-12-15)21-7-9-22(10-8-21)18(24)14(3)4/h5-6,11-12,14H,7-10H2,1-4H3,(H,20,23). The van der Waals surface area contributed by atoms with Crippen LogP contribution in [0.4, 0.5) is 11.5 Å². The highest BCUT2D eigenvalue weighted by atomic mass is 16.2. The van der Waals surface area contributed by atoms with Crippen molar-refractivity contribution in [3.8, 4) is 0 Å². The third-order valence-corrected chi connectivity index (χ3v) is 3.84. The van der Waals surface area contributed by atoms with Gasteiger partial charge >= 0.3 is 0 Å². The highest BCUT2D eigenvalue weighted by molar-refractivity contribution is 5.99. The van der Waals surface area contributed by atoms with Gasteiger partial charge < -0.3 is 15.1 Å². The van der Waals surface area contributed by atoms with E-state index in [1.54, 1.807) is 12.3 Å². The molecule has 1 fully saturated rings. The molecule has 24 heavy (non-hydrogen) atoms. The molecule has 0 aromatic carbocycles. The van der Waals surface area contributed by atoms with Crippen LogP contribution < -0.4 is 10.2 Å². The Morgan fingerprint density at radius 1 is 1.17 bits per heavy atom. The fourth-order valence-electron chi connectivity index (χ4n) is 2.61. The fraction of sp³-hybridized carbons (Fsp3) is 0.500. The van der Waals surface area contributed by atoms with E-state index in [0.29, 0.717) is 5.69 Å². The Bertz CT molecular complexity index is 610. The number of allylic oxidation sites excluding steroid dienone is 1. The molecule has 130 valence electrons. The number of rotatable bonds is 4. The van der Waals surface area contributed by atoms with E-state index in [0.717, 1.165) is 37.6 Å². The third kappa shape index (κ3) is 4.81. The number of anilines is 2. The van der Waals surface area contributed by atoms with Gasteiger partial charge in [0.1, 0.15) is 5.82 Å². The van der Waals surface area contributed by atoms with Crippen molar-refractivity contribution >= 4 is 23.3 Å². The number of hydrogen-bond donors (Lipinski definition) is 1. The van der Waals surface area contributed by atoms with Crippen LogP contribution in [0.15, 0.2) is 30.0 Å². The maximum absolute atomic E-state index is 12.0. The number of aromatic nitrogens is 1. The van der Waals surface area contributed by atoms with Gasteiger partial charge in [-0.25, -0.2) is 4.98 Å². The van der Waals surface area contributed by atoms with Crippen molar-refractivity contribution in [3.63, 3.8) is 0 Å². The minimum atomic E-state index is -0.148. The monoisotopic (exact) mass is 330 g/mol. The van der Waals surface area contributed by atoms with Crippen LogP contribution in [0.1, 0.15) is 27.7 Å². The van der Waals surface area contributed by atoms with Gasteiger partial charge in [0.15, 0.2) is 0 Å². The molecule has 1 aliphatic rings. The van der Waals surface area contributed by atoms with E-state index in [2.05, 4.69) is 15.2 Å². The highest BCUT2D eigenvalue weighted by Gasteiger charge is 2.23. The Hall–Kier alpha value is -2.37. The molecule has 0 atom stereocenters. The number of piperazine rings is 1. The van der Waals surface area contributed by atoms with Gasteiger partial charge in [-0.2, -0.15) is 0 Å². The SMILES string of the molecule is CC(C)=CC(=O)Nc1ccc(N2CCN(C(=O)C(C)C)CC2)nc1. The summed E-state index contributed by atoms with van der Waals surface area (Å²) >= 11 is 0. The molecule has 0 spiro atoms. The van der Waals surface area contributed by atoms with E-state index in [1.165, 1.54) is 0 Å². The van der Waals surface area contributed by atoms with Gasteiger partial charge in [-0.1, -0.05) is 19.4 Å². The molecule has 0 radical (unpaired) electrons. The molecule has 2 rings (SSSR count). The van der Waals surface area contributed by atoms with Crippen LogP contribution in [-0.4, -0.2) is 47.9 Å². The van der Waals surface area contributed by atoms with Crippen molar-refractivity contribution in [1.29, 1.82) is 0 Å². The molecular formula is C18H26N4O2. The van der Waals surface area contributed by atoms with Crippen LogP contribution in [0.5, 0.6) is 0 Å². The van der Waals surface area contributed by atoms with Crippen molar-refractivity contribution in [2.45, 2.75) is 27.7 Å². The quantitative estimate of drug-likeness (QED) is 0.860. The predicted octanol–water partition coefficient (Wildman–Crippen LogP) is 2.29. The molecule has 1 aromatic heterocycles. The summed E-state index contributed by atoms with van der Waals surface area (Å²) in [4.78, 5) is 32.2. The van der Waals surface area contributed by atoms with Crippen molar-refractivity contribution in [2.75, 3.05) is 36.4 Å². The van der Waals surface area contributed by atoms with Crippen molar-refractivity contribution in [2.24, 2.45) is 5.92 Å². The van der Waals surface area contributed by atoms with Crippen molar-refractivity contribution < 1.29 is 9.59 Å². The number of pyridine rings is 1. The third-order valence-electron chi connectivity index (χ3n) is 3.84. The van der Waals surface area contributed by atoms with Gasteiger partial charge in [0.25, 0.3) is 0 Å². The molecule has 0 unspecified atom stereocenters. The van der Waals surface area contributed by atoms with Crippen LogP contribution >= 0.6 is 0 Å². The van der Waals surface area contributed by atoms with Gasteiger partial charge in [-0.3, -0.25) is 9.59 Å². The van der Waals surface area contributed by atoms with Crippen LogP contribution in [0.2, 0.25) is 0 Å². The van der Waals surface area contributed by atoms with E-state index < -0.39 is 0 Å². The van der Waals surface area contributed by atoms with E-state index in [9.17, 15) is 9.59 Å². The van der Waals surface area contributed by atoms with Crippen LogP contribution in [0.25, 0.3) is 0 Å². The summed E-state index contributed by atoms with van der Waals surface area (Å²) in [6.07, 6.45) is 3.22. The number of nitrogens with one attached hydrogen (secondary N) is 1. The van der Waals surface area contributed by atoms with E-state index in [-0.39, 0.29) is 17.7 Å². The number of carbonyl (C=O) groups is 2. The molecule has 2 amide bonds. The zero-order chi connectivity index (χ0) is 17.7. The average molecular weight is 330 g/mol. The molecule has 2 heterocycles. The average Bonchev–Trinajstić information content (AvgIpc) is 2.54. The van der Waals surface area contributed by atoms with Gasteiger partial charge in [-0.05, 0) is 26.0 Å². The van der Waals surface area contributed by atoms with E-state index >= 15 is 0 Å². The molecule has 0 aliphatic carbocycles. The number of carbonyl (C=O) groups excluding carboxylic acids is 2. The summed E-state index contributed by atoms with van der Waals surface area (Å²) in [6, 6.07) is 3.75. The van der Waals surface area contributed by atoms with Crippen LogP contribution in [-0.2, 0) is 9.59 Å². The second-order valence-electron chi connectivity index (χ2n) is 6.58.